The minimum Gasteiger partial charge on any atom is -0.395 e. The van der Waals surface area contributed by atoms with Gasteiger partial charge in [0, 0.05) is 23.8 Å². The number of aromatic nitrogens is 1. The Morgan fingerprint density at radius 2 is 1.84 bits per heavy atom. The zero-order valence-corrected chi connectivity index (χ0v) is 12.5. The number of pyridine rings is 1. The maximum Gasteiger partial charge on any atom is 0.134 e. The van der Waals surface area contributed by atoms with E-state index in [1.807, 2.05) is 19.9 Å². The number of anilines is 1. The number of aliphatic hydroxyl groups is 2. The molecule has 0 unspecified atom stereocenters. The Kier molecular flexibility index (Phi) is 6.25. The molecule has 1 aromatic rings. The molecule has 0 aliphatic heterocycles. The summed E-state index contributed by atoms with van der Waals surface area (Å²) < 4.78 is 0. The van der Waals surface area contributed by atoms with Crippen LogP contribution in [-0.2, 0) is 6.61 Å². The lowest BCUT2D eigenvalue weighted by atomic mass is 10.1. The molecule has 0 aliphatic rings. The molecule has 0 saturated carbocycles. The molecule has 19 heavy (non-hydrogen) atoms. The summed E-state index contributed by atoms with van der Waals surface area (Å²) in [6, 6.07) is 2.32. The highest BCUT2D eigenvalue weighted by molar-refractivity contribution is 5.52. The summed E-state index contributed by atoms with van der Waals surface area (Å²) in [5, 5.41) is 18.9. The molecule has 0 amide bonds. The largest absolute Gasteiger partial charge is 0.395 e. The summed E-state index contributed by atoms with van der Waals surface area (Å²) in [4.78, 5) is 6.73. The van der Waals surface area contributed by atoms with E-state index < -0.39 is 0 Å². The van der Waals surface area contributed by atoms with Crippen LogP contribution in [0.3, 0.4) is 0 Å². The second-order valence-electron chi connectivity index (χ2n) is 4.93. The van der Waals surface area contributed by atoms with Crippen molar-refractivity contribution in [2.45, 2.75) is 53.2 Å². The van der Waals surface area contributed by atoms with Gasteiger partial charge in [0.25, 0.3) is 0 Å². The molecule has 4 heteroatoms. The van der Waals surface area contributed by atoms with Crippen LogP contribution >= 0.6 is 0 Å². The number of aryl methyl sites for hydroxylation is 2. The fraction of sp³-hybridized carbons (Fsp3) is 0.667. The van der Waals surface area contributed by atoms with Crippen molar-refractivity contribution in [2.75, 3.05) is 18.1 Å². The van der Waals surface area contributed by atoms with Gasteiger partial charge in [-0.3, -0.25) is 0 Å². The first kappa shape index (κ1) is 15.9. The Balaban J connectivity index is 3.28. The third-order valence-corrected chi connectivity index (χ3v) is 3.61. The Labute approximate surface area is 116 Å². The maximum absolute atomic E-state index is 9.61. The fourth-order valence-electron chi connectivity index (χ4n) is 2.58. The first-order chi connectivity index (χ1) is 9.08. The lowest BCUT2D eigenvalue weighted by Crippen LogP contribution is -2.38. The highest BCUT2D eigenvalue weighted by atomic mass is 16.3. The smallest absolute Gasteiger partial charge is 0.134 e. The van der Waals surface area contributed by atoms with Gasteiger partial charge in [-0.05, 0) is 38.3 Å². The molecule has 0 saturated heterocycles. The summed E-state index contributed by atoms with van der Waals surface area (Å²) in [6.45, 7) is 8.86. The van der Waals surface area contributed by atoms with Crippen molar-refractivity contribution >= 4 is 5.82 Å². The zero-order chi connectivity index (χ0) is 14.4. The first-order valence-electron chi connectivity index (χ1n) is 7.04. The van der Waals surface area contributed by atoms with Gasteiger partial charge in [-0.1, -0.05) is 13.8 Å². The molecule has 1 rings (SSSR count). The van der Waals surface area contributed by atoms with Crippen LogP contribution in [0.25, 0.3) is 0 Å². The second-order valence-corrected chi connectivity index (χ2v) is 4.93. The molecule has 1 heterocycles. The standard InChI is InChI=1S/C15H26N2O2/c1-5-13(6-2)17(7-8-18)15-14(10-19)11(3)9-12(4)16-15/h9,13,18-19H,5-8,10H2,1-4H3. The van der Waals surface area contributed by atoms with E-state index in [1.54, 1.807) is 0 Å². The SMILES string of the molecule is CCC(CC)N(CCO)c1nc(C)cc(C)c1CO. The molecule has 0 aromatic carbocycles. The molecule has 0 fully saturated rings. The van der Waals surface area contributed by atoms with Gasteiger partial charge in [0.05, 0.1) is 13.2 Å². The summed E-state index contributed by atoms with van der Waals surface area (Å²) >= 11 is 0. The molecule has 108 valence electrons. The van der Waals surface area contributed by atoms with E-state index in [4.69, 9.17) is 0 Å². The Hall–Kier alpha value is -1.13. The van der Waals surface area contributed by atoms with Gasteiger partial charge in [-0.15, -0.1) is 0 Å². The van der Waals surface area contributed by atoms with Gasteiger partial charge in [0.1, 0.15) is 5.82 Å². The van der Waals surface area contributed by atoms with Gasteiger partial charge in [0.15, 0.2) is 0 Å². The lowest BCUT2D eigenvalue weighted by Gasteiger charge is -2.33. The Morgan fingerprint density at radius 3 is 2.32 bits per heavy atom. The molecule has 0 spiro atoms. The van der Waals surface area contributed by atoms with Crippen LogP contribution in [0, 0.1) is 13.8 Å². The van der Waals surface area contributed by atoms with E-state index >= 15 is 0 Å². The quantitative estimate of drug-likeness (QED) is 0.794. The van der Waals surface area contributed by atoms with E-state index in [9.17, 15) is 10.2 Å². The highest BCUT2D eigenvalue weighted by Crippen LogP contribution is 2.26. The van der Waals surface area contributed by atoms with Crippen molar-refractivity contribution in [2.24, 2.45) is 0 Å². The number of hydrogen-bond donors (Lipinski definition) is 2. The van der Waals surface area contributed by atoms with Crippen LogP contribution in [-0.4, -0.2) is 34.4 Å². The predicted molar refractivity (Wildman–Crippen MR) is 78.4 cm³/mol. The molecule has 2 N–H and O–H groups in total. The number of aliphatic hydroxyl groups excluding tert-OH is 2. The molecule has 0 bridgehead atoms. The average Bonchev–Trinajstić information content (AvgIpc) is 2.38. The van der Waals surface area contributed by atoms with Crippen LogP contribution in [0.2, 0.25) is 0 Å². The zero-order valence-electron chi connectivity index (χ0n) is 12.5. The van der Waals surface area contributed by atoms with E-state index in [-0.39, 0.29) is 13.2 Å². The van der Waals surface area contributed by atoms with Crippen LogP contribution in [0.5, 0.6) is 0 Å². The van der Waals surface area contributed by atoms with Gasteiger partial charge < -0.3 is 15.1 Å². The minimum atomic E-state index is -0.0173. The van der Waals surface area contributed by atoms with Crippen LogP contribution in [0.4, 0.5) is 5.82 Å². The Morgan fingerprint density at radius 1 is 1.21 bits per heavy atom. The minimum absolute atomic E-state index is 0.0173. The maximum atomic E-state index is 9.61. The molecule has 1 aromatic heterocycles. The number of nitrogens with zero attached hydrogens (tertiary/aromatic N) is 2. The molecule has 4 nitrogen and oxygen atoms in total. The molecule has 0 aliphatic carbocycles. The second kappa shape index (κ2) is 7.46. The summed E-state index contributed by atoms with van der Waals surface area (Å²) in [7, 11) is 0. The normalized spacial score (nSPS) is 11.1. The third-order valence-electron chi connectivity index (χ3n) is 3.61. The topological polar surface area (TPSA) is 56.6 Å². The van der Waals surface area contributed by atoms with Gasteiger partial charge in [0.2, 0.25) is 0 Å². The van der Waals surface area contributed by atoms with E-state index in [2.05, 4.69) is 23.7 Å². The third kappa shape index (κ3) is 3.67. The number of rotatable bonds is 7. The fourth-order valence-corrected chi connectivity index (χ4v) is 2.58. The van der Waals surface area contributed by atoms with Crippen LogP contribution in [0.15, 0.2) is 6.07 Å². The molecular formula is C15H26N2O2. The number of hydrogen-bond acceptors (Lipinski definition) is 4. The van der Waals surface area contributed by atoms with Crippen molar-refractivity contribution in [1.29, 1.82) is 0 Å². The van der Waals surface area contributed by atoms with E-state index in [0.29, 0.717) is 12.6 Å². The van der Waals surface area contributed by atoms with Crippen molar-refractivity contribution in [3.05, 3.63) is 22.9 Å². The van der Waals surface area contributed by atoms with Gasteiger partial charge in [-0.2, -0.15) is 0 Å². The highest BCUT2D eigenvalue weighted by Gasteiger charge is 2.20. The van der Waals surface area contributed by atoms with Gasteiger partial charge in [-0.25, -0.2) is 4.98 Å². The van der Waals surface area contributed by atoms with Crippen molar-refractivity contribution in [1.82, 2.24) is 4.98 Å². The van der Waals surface area contributed by atoms with E-state index in [0.717, 1.165) is 35.5 Å². The van der Waals surface area contributed by atoms with Crippen molar-refractivity contribution in [3.8, 4) is 0 Å². The Bertz CT molecular complexity index is 403. The molecule has 0 radical (unpaired) electrons. The molecule has 0 atom stereocenters. The predicted octanol–water partition coefficient (Wildman–Crippen LogP) is 2.18. The lowest BCUT2D eigenvalue weighted by molar-refractivity contribution is 0.277. The summed E-state index contributed by atoms with van der Waals surface area (Å²) in [5.41, 5.74) is 2.86. The van der Waals surface area contributed by atoms with Crippen LogP contribution in [0.1, 0.15) is 43.5 Å². The van der Waals surface area contributed by atoms with E-state index in [1.165, 1.54) is 0 Å². The van der Waals surface area contributed by atoms with Crippen molar-refractivity contribution in [3.63, 3.8) is 0 Å². The molecular weight excluding hydrogens is 240 g/mol. The van der Waals surface area contributed by atoms with Crippen LogP contribution < -0.4 is 4.90 Å². The average molecular weight is 266 g/mol. The summed E-state index contributed by atoms with van der Waals surface area (Å²) in [5.74, 6) is 0.822. The monoisotopic (exact) mass is 266 g/mol. The van der Waals surface area contributed by atoms with Gasteiger partial charge >= 0.3 is 0 Å². The van der Waals surface area contributed by atoms with Crippen molar-refractivity contribution < 1.29 is 10.2 Å². The first-order valence-corrected chi connectivity index (χ1v) is 7.04. The summed E-state index contributed by atoms with van der Waals surface area (Å²) in [6.07, 6.45) is 1.99.